The van der Waals surface area contributed by atoms with Gasteiger partial charge in [-0.25, -0.2) is 4.98 Å². The second-order valence-electron chi connectivity index (χ2n) is 4.90. The minimum absolute atomic E-state index is 0.235. The van der Waals surface area contributed by atoms with Crippen molar-refractivity contribution in [3.8, 4) is 10.7 Å². The van der Waals surface area contributed by atoms with E-state index in [-0.39, 0.29) is 6.61 Å². The van der Waals surface area contributed by atoms with Crippen LogP contribution >= 0.6 is 11.3 Å². The van der Waals surface area contributed by atoms with Gasteiger partial charge in [-0.15, -0.1) is 11.3 Å². The highest BCUT2D eigenvalue weighted by molar-refractivity contribution is 7.14. The Labute approximate surface area is 122 Å². The number of nitrogens with zero attached hydrogens (tertiary/aromatic N) is 2. The van der Waals surface area contributed by atoms with Crippen molar-refractivity contribution >= 4 is 11.3 Å². The standard InChI is InChI=1S/C15H17N3OS/c19-10-11-4-5-12(7-11)17-8-13-9-18-15(20-13)14-3-1-2-6-16-14/h1-6,9,11-12,17,19H,7-8,10H2/t11-,12+/m0/s1. The quantitative estimate of drug-likeness (QED) is 0.828. The van der Waals surface area contributed by atoms with E-state index in [0.29, 0.717) is 12.0 Å². The molecule has 2 N–H and O–H groups in total. The van der Waals surface area contributed by atoms with Gasteiger partial charge >= 0.3 is 0 Å². The van der Waals surface area contributed by atoms with Crippen LogP contribution in [0.1, 0.15) is 11.3 Å². The van der Waals surface area contributed by atoms with E-state index in [2.05, 4.69) is 27.4 Å². The molecule has 2 aromatic rings. The summed E-state index contributed by atoms with van der Waals surface area (Å²) < 4.78 is 0. The Hall–Kier alpha value is -1.56. The number of hydrogen-bond acceptors (Lipinski definition) is 5. The molecular weight excluding hydrogens is 270 g/mol. The van der Waals surface area contributed by atoms with E-state index in [1.807, 2.05) is 24.4 Å². The second-order valence-corrected chi connectivity index (χ2v) is 6.01. The normalized spacial score (nSPS) is 21.4. The van der Waals surface area contributed by atoms with Crippen molar-refractivity contribution in [2.24, 2.45) is 5.92 Å². The van der Waals surface area contributed by atoms with Crippen LogP contribution in [-0.2, 0) is 6.54 Å². The Balaban J connectivity index is 1.57. The van der Waals surface area contributed by atoms with Gasteiger partial charge in [0.1, 0.15) is 5.01 Å². The lowest BCUT2D eigenvalue weighted by atomic mass is 10.1. The molecule has 3 rings (SSSR count). The summed E-state index contributed by atoms with van der Waals surface area (Å²) >= 11 is 1.67. The molecule has 0 aliphatic heterocycles. The summed E-state index contributed by atoms with van der Waals surface area (Å²) in [5.41, 5.74) is 0.921. The summed E-state index contributed by atoms with van der Waals surface area (Å²) in [6, 6.07) is 6.21. The predicted octanol–water partition coefficient (Wildman–Crippen LogP) is 2.23. The molecule has 5 heteroatoms. The molecule has 1 aliphatic rings. The number of aromatic nitrogens is 2. The molecule has 104 valence electrons. The molecule has 0 amide bonds. The molecular formula is C15H17N3OS. The van der Waals surface area contributed by atoms with Gasteiger partial charge in [0.2, 0.25) is 0 Å². The summed E-state index contributed by atoms with van der Waals surface area (Å²) in [4.78, 5) is 9.93. The van der Waals surface area contributed by atoms with Crippen LogP contribution < -0.4 is 5.32 Å². The zero-order valence-electron chi connectivity index (χ0n) is 11.1. The third-order valence-corrected chi connectivity index (χ3v) is 4.40. The second kappa shape index (κ2) is 6.26. The summed E-state index contributed by atoms with van der Waals surface area (Å²) in [6.07, 6.45) is 8.89. The highest BCUT2D eigenvalue weighted by Crippen LogP contribution is 2.23. The maximum Gasteiger partial charge on any atom is 0.142 e. The highest BCUT2D eigenvalue weighted by atomic mass is 32.1. The molecule has 20 heavy (non-hydrogen) atoms. The summed E-state index contributed by atoms with van der Waals surface area (Å²) in [5.74, 6) is 0.304. The fraction of sp³-hybridized carbons (Fsp3) is 0.333. The van der Waals surface area contributed by atoms with Crippen molar-refractivity contribution in [2.45, 2.75) is 19.0 Å². The van der Waals surface area contributed by atoms with Crippen LogP contribution in [0.2, 0.25) is 0 Å². The van der Waals surface area contributed by atoms with Gasteiger partial charge in [-0.2, -0.15) is 0 Å². The van der Waals surface area contributed by atoms with E-state index < -0.39 is 0 Å². The first kappa shape index (κ1) is 13.4. The van der Waals surface area contributed by atoms with Crippen LogP contribution in [0, 0.1) is 5.92 Å². The molecule has 0 radical (unpaired) electrons. The van der Waals surface area contributed by atoms with E-state index in [1.54, 1.807) is 17.5 Å². The van der Waals surface area contributed by atoms with Crippen molar-refractivity contribution in [2.75, 3.05) is 6.61 Å². The van der Waals surface area contributed by atoms with Crippen molar-refractivity contribution in [1.82, 2.24) is 15.3 Å². The Morgan fingerprint density at radius 1 is 1.30 bits per heavy atom. The lowest BCUT2D eigenvalue weighted by Gasteiger charge is -2.11. The fourth-order valence-electron chi connectivity index (χ4n) is 2.29. The van der Waals surface area contributed by atoms with Crippen LogP contribution in [-0.4, -0.2) is 27.7 Å². The topological polar surface area (TPSA) is 58.0 Å². The fourth-order valence-corrected chi connectivity index (χ4v) is 3.13. The Kier molecular flexibility index (Phi) is 4.20. The smallest absolute Gasteiger partial charge is 0.142 e. The van der Waals surface area contributed by atoms with Gasteiger partial charge in [-0.1, -0.05) is 18.2 Å². The molecule has 2 heterocycles. The van der Waals surface area contributed by atoms with Gasteiger partial charge < -0.3 is 10.4 Å². The monoisotopic (exact) mass is 287 g/mol. The van der Waals surface area contributed by atoms with E-state index in [4.69, 9.17) is 5.11 Å². The minimum atomic E-state index is 0.235. The maximum atomic E-state index is 9.10. The van der Waals surface area contributed by atoms with Gasteiger partial charge in [0.25, 0.3) is 0 Å². The van der Waals surface area contributed by atoms with E-state index in [0.717, 1.165) is 23.7 Å². The zero-order valence-corrected chi connectivity index (χ0v) is 11.9. The minimum Gasteiger partial charge on any atom is -0.396 e. The number of nitrogens with one attached hydrogen (secondary N) is 1. The van der Waals surface area contributed by atoms with E-state index in [1.165, 1.54) is 4.88 Å². The number of aliphatic hydroxyl groups excluding tert-OH is 1. The Morgan fingerprint density at radius 3 is 3.00 bits per heavy atom. The molecule has 2 atom stereocenters. The summed E-state index contributed by atoms with van der Waals surface area (Å²) in [5, 5.41) is 13.5. The zero-order chi connectivity index (χ0) is 13.8. The lowest BCUT2D eigenvalue weighted by Crippen LogP contribution is -2.25. The molecule has 0 aromatic carbocycles. The molecule has 4 nitrogen and oxygen atoms in total. The van der Waals surface area contributed by atoms with Crippen LogP contribution in [0.4, 0.5) is 0 Å². The first-order valence-corrected chi connectivity index (χ1v) is 7.55. The van der Waals surface area contributed by atoms with Crippen LogP contribution in [0.3, 0.4) is 0 Å². The number of thiazole rings is 1. The Morgan fingerprint density at radius 2 is 2.25 bits per heavy atom. The molecule has 0 fully saturated rings. The lowest BCUT2D eigenvalue weighted by molar-refractivity contribution is 0.246. The number of pyridine rings is 1. The number of hydrogen-bond donors (Lipinski definition) is 2. The maximum absolute atomic E-state index is 9.10. The van der Waals surface area contributed by atoms with E-state index in [9.17, 15) is 0 Å². The summed E-state index contributed by atoms with van der Waals surface area (Å²) in [6.45, 7) is 1.04. The molecule has 0 unspecified atom stereocenters. The van der Waals surface area contributed by atoms with Gasteiger partial charge in [-0.3, -0.25) is 4.98 Å². The largest absolute Gasteiger partial charge is 0.396 e. The first-order valence-electron chi connectivity index (χ1n) is 6.74. The SMILES string of the molecule is OC[C@H]1C=C[C@@H](NCc2cnc(-c3ccccn3)s2)C1. The number of aliphatic hydroxyl groups is 1. The predicted molar refractivity (Wildman–Crippen MR) is 80.3 cm³/mol. The van der Waals surface area contributed by atoms with Crippen molar-refractivity contribution in [3.05, 3.63) is 47.6 Å². The van der Waals surface area contributed by atoms with Crippen LogP contribution in [0.15, 0.2) is 42.7 Å². The molecule has 0 saturated carbocycles. The molecule has 0 bridgehead atoms. The Bertz CT molecular complexity index is 582. The van der Waals surface area contributed by atoms with Gasteiger partial charge in [0.05, 0.1) is 5.69 Å². The molecule has 1 aliphatic carbocycles. The van der Waals surface area contributed by atoms with Crippen molar-refractivity contribution < 1.29 is 5.11 Å². The van der Waals surface area contributed by atoms with Crippen LogP contribution in [0.5, 0.6) is 0 Å². The average molecular weight is 287 g/mol. The summed E-state index contributed by atoms with van der Waals surface area (Å²) in [7, 11) is 0. The van der Waals surface area contributed by atoms with Crippen molar-refractivity contribution in [1.29, 1.82) is 0 Å². The van der Waals surface area contributed by atoms with Gasteiger partial charge in [0.15, 0.2) is 0 Å². The van der Waals surface area contributed by atoms with Gasteiger partial charge in [-0.05, 0) is 18.6 Å². The van der Waals surface area contributed by atoms with Crippen molar-refractivity contribution in [3.63, 3.8) is 0 Å². The van der Waals surface area contributed by atoms with Crippen LogP contribution in [0.25, 0.3) is 10.7 Å². The molecule has 0 spiro atoms. The third kappa shape index (κ3) is 3.12. The molecule has 2 aromatic heterocycles. The number of rotatable bonds is 5. The van der Waals surface area contributed by atoms with Gasteiger partial charge in [0, 0.05) is 42.4 Å². The van der Waals surface area contributed by atoms with E-state index >= 15 is 0 Å². The average Bonchev–Trinajstić information content (AvgIpc) is 3.15. The molecule has 0 saturated heterocycles. The highest BCUT2D eigenvalue weighted by Gasteiger charge is 2.17. The third-order valence-electron chi connectivity index (χ3n) is 3.38. The first-order chi connectivity index (χ1) is 9.85.